The van der Waals surface area contributed by atoms with Gasteiger partial charge in [0.05, 0.1) is 15.7 Å². The fourth-order valence-corrected chi connectivity index (χ4v) is 2.10. The largest absolute Gasteiger partial charge is 0.375 e. The van der Waals surface area contributed by atoms with Gasteiger partial charge in [0.15, 0.2) is 5.13 Å². The molecule has 0 radical (unpaired) electrons. The second-order valence-corrected chi connectivity index (χ2v) is 5.40. The van der Waals surface area contributed by atoms with Gasteiger partial charge in [0.25, 0.3) is 0 Å². The van der Waals surface area contributed by atoms with E-state index >= 15 is 0 Å². The van der Waals surface area contributed by atoms with Crippen molar-refractivity contribution in [2.24, 2.45) is 0 Å². The zero-order valence-electron chi connectivity index (χ0n) is 10.6. The molecule has 0 unspecified atom stereocenters. The van der Waals surface area contributed by atoms with E-state index in [-0.39, 0.29) is 17.0 Å². The summed E-state index contributed by atoms with van der Waals surface area (Å²) in [4.78, 5) is 4.14. The average Bonchev–Trinajstić information content (AvgIpc) is 2.77. The third-order valence-corrected chi connectivity index (χ3v) is 3.66. The number of anilines is 1. The molecule has 0 aliphatic heterocycles. The number of rotatable bonds is 3. The fourth-order valence-electron chi connectivity index (χ4n) is 1.23. The molecule has 2 rings (SSSR count). The zero-order valence-corrected chi connectivity index (χ0v) is 14.6. The molecule has 1 aromatic carbocycles. The molecular weight excluding hydrogens is 367 g/mol. The van der Waals surface area contributed by atoms with Gasteiger partial charge in [0.1, 0.15) is 0 Å². The molecule has 1 heterocycles. The Balaban J connectivity index is 0.000000331. The molecule has 2 N–H and O–H groups in total. The first-order valence-electron chi connectivity index (χ1n) is 5.73. The first kappa shape index (κ1) is 18.7. The molecule has 0 saturated heterocycles. The number of thiazole rings is 1. The molecule has 1 aromatic heterocycles. The van der Waals surface area contributed by atoms with Crippen LogP contribution in [0.4, 0.5) is 5.13 Å². The molecule has 0 amide bonds. The maximum atomic E-state index is 5.58. The van der Waals surface area contributed by atoms with Crippen molar-refractivity contribution in [3.8, 4) is 0 Å². The highest BCUT2D eigenvalue weighted by molar-refractivity contribution is 8.93. The van der Waals surface area contributed by atoms with Crippen LogP contribution in [0, 0.1) is 0 Å². The second-order valence-electron chi connectivity index (χ2n) is 3.69. The SMILES string of the molecule is Br.CCCCc1csc(N)n1.Clc1ccccc1Cl. The number of halogens is 3. The van der Waals surface area contributed by atoms with E-state index in [1.165, 1.54) is 24.2 Å². The topological polar surface area (TPSA) is 38.9 Å². The lowest BCUT2D eigenvalue weighted by Gasteiger charge is -1.90. The summed E-state index contributed by atoms with van der Waals surface area (Å²) in [6, 6.07) is 7.19. The molecule has 0 bridgehead atoms. The van der Waals surface area contributed by atoms with Crippen molar-refractivity contribution in [2.75, 3.05) is 5.73 Å². The fraction of sp³-hybridized carbons (Fsp3) is 0.308. The van der Waals surface area contributed by atoms with Gasteiger partial charge < -0.3 is 5.73 Å². The maximum absolute atomic E-state index is 5.58. The Bertz CT molecular complexity index is 456. The third-order valence-electron chi connectivity index (χ3n) is 2.18. The molecular formula is C13H17BrCl2N2S. The van der Waals surface area contributed by atoms with E-state index < -0.39 is 0 Å². The summed E-state index contributed by atoms with van der Waals surface area (Å²) in [5.41, 5.74) is 6.60. The van der Waals surface area contributed by atoms with Crippen LogP contribution in [0.15, 0.2) is 29.6 Å². The highest BCUT2D eigenvalue weighted by atomic mass is 79.9. The number of hydrogen-bond acceptors (Lipinski definition) is 3. The summed E-state index contributed by atoms with van der Waals surface area (Å²) >= 11 is 12.7. The number of nitrogens with zero attached hydrogens (tertiary/aromatic N) is 1. The van der Waals surface area contributed by atoms with Crippen molar-refractivity contribution >= 4 is 56.7 Å². The highest BCUT2D eigenvalue weighted by Gasteiger charge is 1.96. The molecule has 0 fully saturated rings. The van der Waals surface area contributed by atoms with Crippen molar-refractivity contribution in [3.63, 3.8) is 0 Å². The lowest BCUT2D eigenvalue weighted by molar-refractivity contribution is 0.782. The maximum Gasteiger partial charge on any atom is 0.180 e. The van der Waals surface area contributed by atoms with Crippen molar-refractivity contribution in [3.05, 3.63) is 45.4 Å². The molecule has 0 aliphatic carbocycles. The minimum Gasteiger partial charge on any atom is -0.375 e. The lowest BCUT2D eigenvalue weighted by Crippen LogP contribution is -1.86. The van der Waals surface area contributed by atoms with Crippen molar-refractivity contribution in [1.29, 1.82) is 0 Å². The predicted molar refractivity (Wildman–Crippen MR) is 91.9 cm³/mol. The van der Waals surface area contributed by atoms with E-state index in [2.05, 4.69) is 11.9 Å². The van der Waals surface area contributed by atoms with E-state index in [0.29, 0.717) is 15.2 Å². The number of hydrogen-bond donors (Lipinski definition) is 1. The van der Waals surface area contributed by atoms with Gasteiger partial charge in [0, 0.05) is 5.38 Å². The normalized spacial score (nSPS) is 9.21. The number of aryl methyl sites for hydroxylation is 1. The van der Waals surface area contributed by atoms with Crippen LogP contribution < -0.4 is 5.73 Å². The van der Waals surface area contributed by atoms with Crippen molar-refractivity contribution in [1.82, 2.24) is 4.98 Å². The monoisotopic (exact) mass is 382 g/mol. The molecule has 2 nitrogen and oxygen atoms in total. The first-order valence-corrected chi connectivity index (χ1v) is 7.37. The second kappa shape index (κ2) is 10.5. The van der Waals surface area contributed by atoms with Gasteiger partial charge in [-0.15, -0.1) is 28.3 Å². The van der Waals surface area contributed by atoms with Crippen molar-refractivity contribution in [2.45, 2.75) is 26.2 Å². The number of benzene rings is 1. The molecule has 0 aliphatic rings. The molecule has 19 heavy (non-hydrogen) atoms. The van der Waals surface area contributed by atoms with Crippen molar-refractivity contribution < 1.29 is 0 Å². The van der Waals surface area contributed by atoms with Gasteiger partial charge in [0.2, 0.25) is 0 Å². The summed E-state index contributed by atoms with van der Waals surface area (Å²) < 4.78 is 0. The van der Waals surface area contributed by atoms with Crippen LogP contribution in [0.25, 0.3) is 0 Å². The standard InChI is InChI=1S/C7H12N2S.C6H4Cl2.BrH/c1-2-3-4-6-5-10-7(8)9-6;7-5-3-1-2-4-6(5)8;/h5H,2-4H2,1H3,(H2,8,9);1-4H;1H. The number of nitrogen functional groups attached to an aromatic ring is 1. The van der Waals surface area contributed by atoms with Gasteiger partial charge in [-0.05, 0) is 25.0 Å². The highest BCUT2D eigenvalue weighted by Crippen LogP contribution is 2.19. The summed E-state index contributed by atoms with van der Waals surface area (Å²) in [5.74, 6) is 0. The zero-order chi connectivity index (χ0) is 13.4. The Labute approximate surface area is 138 Å². The molecule has 6 heteroatoms. The molecule has 0 atom stereocenters. The predicted octanol–water partition coefficient (Wildman–Crippen LogP) is 5.64. The van der Waals surface area contributed by atoms with Crippen LogP contribution in [-0.2, 0) is 6.42 Å². The van der Waals surface area contributed by atoms with Gasteiger partial charge >= 0.3 is 0 Å². The van der Waals surface area contributed by atoms with Crippen LogP contribution in [0.2, 0.25) is 10.0 Å². The van der Waals surface area contributed by atoms with E-state index in [0.717, 1.165) is 12.1 Å². The summed E-state index contributed by atoms with van der Waals surface area (Å²) in [7, 11) is 0. The Hall–Kier alpha value is -0.290. The van der Waals surface area contributed by atoms with Gasteiger partial charge in [-0.3, -0.25) is 0 Å². The van der Waals surface area contributed by atoms with Gasteiger partial charge in [-0.25, -0.2) is 4.98 Å². The number of nitrogens with two attached hydrogens (primary N) is 1. The third kappa shape index (κ3) is 7.78. The summed E-state index contributed by atoms with van der Waals surface area (Å²) in [6.45, 7) is 2.18. The van der Waals surface area contributed by atoms with Crippen LogP contribution in [0.5, 0.6) is 0 Å². The Morgan fingerprint density at radius 1 is 1.21 bits per heavy atom. The van der Waals surface area contributed by atoms with Gasteiger partial charge in [-0.1, -0.05) is 48.7 Å². The van der Waals surface area contributed by atoms with Crippen LogP contribution in [-0.4, -0.2) is 4.98 Å². The lowest BCUT2D eigenvalue weighted by atomic mass is 10.2. The first-order chi connectivity index (χ1) is 8.63. The van der Waals surface area contributed by atoms with Crippen LogP contribution >= 0.6 is 51.5 Å². The summed E-state index contributed by atoms with van der Waals surface area (Å²) in [6.07, 6.45) is 3.50. The number of unbranched alkanes of at least 4 members (excludes halogenated alkanes) is 1. The quantitative estimate of drug-likeness (QED) is 0.744. The van der Waals surface area contributed by atoms with E-state index in [4.69, 9.17) is 28.9 Å². The summed E-state index contributed by atoms with van der Waals surface area (Å²) in [5, 5.41) is 3.93. The van der Waals surface area contributed by atoms with E-state index in [1.54, 1.807) is 12.1 Å². The van der Waals surface area contributed by atoms with Crippen LogP contribution in [0.1, 0.15) is 25.5 Å². The molecule has 2 aromatic rings. The smallest absolute Gasteiger partial charge is 0.180 e. The van der Waals surface area contributed by atoms with Crippen LogP contribution in [0.3, 0.4) is 0 Å². The Kier molecular flexibility index (Phi) is 10.3. The van der Waals surface area contributed by atoms with E-state index in [1.807, 2.05) is 17.5 Å². The molecule has 0 spiro atoms. The minimum absolute atomic E-state index is 0. The average molecular weight is 384 g/mol. The Morgan fingerprint density at radius 2 is 1.79 bits per heavy atom. The van der Waals surface area contributed by atoms with Gasteiger partial charge in [-0.2, -0.15) is 0 Å². The molecule has 0 saturated carbocycles. The molecule has 106 valence electrons. The number of aromatic nitrogens is 1. The van der Waals surface area contributed by atoms with E-state index in [9.17, 15) is 0 Å². The minimum atomic E-state index is 0. The Morgan fingerprint density at radius 3 is 2.16 bits per heavy atom.